The molecule has 8 nitrogen and oxygen atoms in total. The average Bonchev–Trinajstić information content (AvgIpc) is 3.02. The normalized spacial score (nSPS) is 12.0. The van der Waals surface area contributed by atoms with Crippen molar-refractivity contribution in [2.24, 2.45) is 0 Å². The standard InChI is InChI=1S/C34H35Cl2N3O5S/c1-24(2)37-34(41)32(20-25-10-6-4-7-11-25)38(22-26-14-15-27(35)21-31(26)36)33(40)23-39(28-12-8-5-9-13-28)45(42,43)30-18-16-29(44-3)17-19-30/h4-19,21,24,32H,20,22-23H2,1-3H3,(H,37,41)/t32-/m0/s1. The van der Waals surface area contributed by atoms with Crippen LogP contribution in [-0.4, -0.2) is 50.9 Å². The molecule has 4 aromatic carbocycles. The first-order valence-electron chi connectivity index (χ1n) is 14.3. The number of nitrogens with one attached hydrogen (secondary N) is 1. The second-order valence-corrected chi connectivity index (χ2v) is 13.4. The predicted octanol–water partition coefficient (Wildman–Crippen LogP) is 6.36. The zero-order valence-electron chi connectivity index (χ0n) is 25.2. The molecular formula is C34H35Cl2N3O5S. The van der Waals surface area contributed by atoms with E-state index in [0.29, 0.717) is 21.4 Å². The summed E-state index contributed by atoms with van der Waals surface area (Å²) < 4.78 is 34.4. The van der Waals surface area contributed by atoms with E-state index in [4.69, 9.17) is 27.9 Å². The second kappa shape index (κ2) is 15.3. The first-order valence-corrected chi connectivity index (χ1v) is 16.5. The van der Waals surface area contributed by atoms with E-state index in [-0.39, 0.29) is 35.5 Å². The first-order chi connectivity index (χ1) is 21.5. The molecular weight excluding hydrogens is 633 g/mol. The summed E-state index contributed by atoms with van der Waals surface area (Å²) in [5.41, 5.74) is 1.67. The summed E-state index contributed by atoms with van der Waals surface area (Å²) in [6, 6.07) is 27.3. The van der Waals surface area contributed by atoms with Crippen molar-refractivity contribution in [3.63, 3.8) is 0 Å². The van der Waals surface area contributed by atoms with Crippen LogP contribution in [0.3, 0.4) is 0 Å². The van der Waals surface area contributed by atoms with Gasteiger partial charge in [-0.3, -0.25) is 13.9 Å². The monoisotopic (exact) mass is 667 g/mol. The summed E-state index contributed by atoms with van der Waals surface area (Å²) in [6.07, 6.45) is 0.187. The number of benzene rings is 4. The van der Waals surface area contributed by atoms with Crippen molar-refractivity contribution in [1.82, 2.24) is 10.2 Å². The van der Waals surface area contributed by atoms with Gasteiger partial charge in [-0.2, -0.15) is 0 Å². The number of amides is 2. The lowest BCUT2D eigenvalue weighted by atomic mass is 10.0. The van der Waals surface area contributed by atoms with E-state index in [9.17, 15) is 18.0 Å². The predicted molar refractivity (Wildman–Crippen MR) is 178 cm³/mol. The Morgan fingerprint density at radius 2 is 1.49 bits per heavy atom. The Morgan fingerprint density at radius 1 is 0.867 bits per heavy atom. The van der Waals surface area contributed by atoms with Gasteiger partial charge in [0.1, 0.15) is 18.3 Å². The van der Waals surface area contributed by atoms with Crippen molar-refractivity contribution in [3.05, 3.63) is 124 Å². The van der Waals surface area contributed by atoms with Gasteiger partial charge in [0.25, 0.3) is 10.0 Å². The van der Waals surface area contributed by atoms with Gasteiger partial charge in [-0.05, 0) is 73.5 Å². The molecule has 0 radical (unpaired) electrons. The highest BCUT2D eigenvalue weighted by molar-refractivity contribution is 7.92. The fraction of sp³-hybridized carbons (Fsp3) is 0.235. The van der Waals surface area contributed by atoms with Gasteiger partial charge in [-0.25, -0.2) is 8.42 Å². The highest BCUT2D eigenvalue weighted by atomic mass is 35.5. The van der Waals surface area contributed by atoms with E-state index in [2.05, 4.69) is 5.32 Å². The van der Waals surface area contributed by atoms with Crippen LogP contribution >= 0.6 is 23.2 Å². The molecule has 0 aliphatic rings. The zero-order valence-corrected chi connectivity index (χ0v) is 27.5. The van der Waals surface area contributed by atoms with E-state index in [1.54, 1.807) is 60.7 Å². The van der Waals surface area contributed by atoms with E-state index in [1.165, 1.54) is 24.1 Å². The van der Waals surface area contributed by atoms with E-state index in [1.807, 2.05) is 44.2 Å². The Balaban J connectivity index is 1.80. The Morgan fingerprint density at radius 3 is 2.07 bits per heavy atom. The molecule has 0 bridgehead atoms. The summed E-state index contributed by atoms with van der Waals surface area (Å²) in [4.78, 5) is 29.6. The Hall–Kier alpha value is -4.05. The Bertz CT molecular complexity index is 1700. The van der Waals surface area contributed by atoms with Crippen molar-refractivity contribution in [2.45, 2.75) is 43.8 Å². The summed E-state index contributed by atoms with van der Waals surface area (Å²) in [6.45, 7) is 3.02. The van der Waals surface area contributed by atoms with Gasteiger partial charge >= 0.3 is 0 Å². The number of carbonyl (C=O) groups excluding carboxylic acids is 2. The van der Waals surface area contributed by atoms with Crippen LogP contribution in [0.2, 0.25) is 10.0 Å². The van der Waals surface area contributed by atoms with Crippen molar-refractivity contribution in [1.29, 1.82) is 0 Å². The van der Waals surface area contributed by atoms with Crippen LogP contribution in [0.25, 0.3) is 0 Å². The van der Waals surface area contributed by atoms with Gasteiger partial charge in [0, 0.05) is 29.1 Å². The number of ether oxygens (including phenoxy) is 1. The second-order valence-electron chi connectivity index (χ2n) is 10.6. The summed E-state index contributed by atoms with van der Waals surface area (Å²) >= 11 is 12.7. The SMILES string of the molecule is COc1ccc(S(=O)(=O)N(CC(=O)N(Cc2ccc(Cl)cc2Cl)[C@@H](Cc2ccccc2)C(=O)NC(C)C)c2ccccc2)cc1. The minimum Gasteiger partial charge on any atom is -0.497 e. The van der Waals surface area contributed by atoms with E-state index in [0.717, 1.165) is 9.87 Å². The molecule has 2 amide bonds. The third-order valence-corrected chi connectivity index (χ3v) is 9.40. The Kier molecular flexibility index (Phi) is 11.5. The quantitative estimate of drug-likeness (QED) is 0.179. The summed E-state index contributed by atoms with van der Waals surface area (Å²) in [5, 5.41) is 3.66. The largest absolute Gasteiger partial charge is 0.497 e. The molecule has 0 unspecified atom stereocenters. The maximum Gasteiger partial charge on any atom is 0.264 e. The van der Waals surface area contributed by atoms with Crippen molar-refractivity contribution in [3.8, 4) is 5.75 Å². The minimum atomic E-state index is -4.23. The molecule has 0 aliphatic carbocycles. The maximum atomic E-state index is 14.5. The van der Waals surface area contributed by atoms with Crippen molar-refractivity contribution >= 4 is 50.7 Å². The smallest absolute Gasteiger partial charge is 0.264 e. The van der Waals surface area contributed by atoms with Gasteiger partial charge in [-0.15, -0.1) is 0 Å². The summed E-state index contributed by atoms with van der Waals surface area (Å²) in [7, 11) is -2.74. The van der Waals surface area contributed by atoms with Crippen molar-refractivity contribution < 1.29 is 22.7 Å². The van der Waals surface area contributed by atoms with Gasteiger partial charge in [0.2, 0.25) is 11.8 Å². The molecule has 0 aromatic heterocycles. The number of halogens is 2. The Labute approximate surface area is 274 Å². The number of anilines is 1. The molecule has 1 atom stereocenters. The molecule has 236 valence electrons. The molecule has 0 heterocycles. The fourth-order valence-electron chi connectivity index (χ4n) is 4.77. The van der Waals surface area contributed by atoms with Gasteiger partial charge in [0.05, 0.1) is 17.7 Å². The number of para-hydroxylation sites is 1. The molecule has 0 saturated heterocycles. The van der Waals surface area contributed by atoms with Crippen LogP contribution in [0.5, 0.6) is 5.75 Å². The lowest BCUT2D eigenvalue weighted by Gasteiger charge is -2.34. The molecule has 4 rings (SSSR count). The van der Waals surface area contributed by atoms with Crippen LogP contribution in [0.1, 0.15) is 25.0 Å². The van der Waals surface area contributed by atoms with Crippen LogP contribution in [0.4, 0.5) is 5.69 Å². The number of rotatable bonds is 13. The van der Waals surface area contributed by atoms with Gasteiger partial charge in [0.15, 0.2) is 0 Å². The number of methoxy groups -OCH3 is 1. The lowest BCUT2D eigenvalue weighted by molar-refractivity contribution is -0.140. The topological polar surface area (TPSA) is 96.0 Å². The highest BCUT2D eigenvalue weighted by Crippen LogP contribution is 2.28. The number of hydrogen-bond donors (Lipinski definition) is 1. The highest BCUT2D eigenvalue weighted by Gasteiger charge is 2.35. The fourth-order valence-corrected chi connectivity index (χ4v) is 6.65. The third-order valence-electron chi connectivity index (χ3n) is 7.03. The van der Waals surface area contributed by atoms with Gasteiger partial charge in [-0.1, -0.05) is 77.8 Å². The third kappa shape index (κ3) is 8.78. The molecule has 0 spiro atoms. The zero-order chi connectivity index (χ0) is 32.6. The van der Waals surface area contributed by atoms with Crippen LogP contribution in [0.15, 0.2) is 108 Å². The van der Waals surface area contributed by atoms with Crippen molar-refractivity contribution in [2.75, 3.05) is 18.0 Å². The van der Waals surface area contributed by atoms with Gasteiger partial charge < -0.3 is 15.0 Å². The van der Waals surface area contributed by atoms with E-state index >= 15 is 0 Å². The lowest BCUT2D eigenvalue weighted by Crippen LogP contribution is -2.54. The molecule has 4 aromatic rings. The molecule has 1 N–H and O–H groups in total. The van der Waals surface area contributed by atoms with E-state index < -0.39 is 28.5 Å². The first kappa shape index (κ1) is 33.8. The average molecular weight is 669 g/mol. The molecule has 0 fully saturated rings. The molecule has 0 saturated carbocycles. The maximum absolute atomic E-state index is 14.5. The van der Waals surface area contributed by atoms with Crippen LogP contribution in [0, 0.1) is 0 Å². The summed E-state index contributed by atoms with van der Waals surface area (Å²) in [5.74, 6) is -0.486. The number of sulfonamides is 1. The molecule has 45 heavy (non-hydrogen) atoms. The number of nitrogens with zero attached hydrogens (tertiary/aromatic N) is 2. The number of carbonyl (C=O) groups is 2. The van der Waals surface area contributed by atoms with Crippen LogP contribution in [-0.2, 0) is 32.6 Å². The molecule has 0 aliphatic heterocycles. The molecule has 11 heteroatoms. The minimum absolute atomic E-state index is 0.0226. The van der Waals surface area contributed by atoms with Crippen LogP contribution < -0.4 is 14.4 Å². The number of hydrogen-bond acceptors (Lipinski definition) is 5.